The molecule has 0 spiro atoms. The number of carbonyl (C=O) groups excluding carboxylic acids is 1. The first-order valence-electron chi connectivity index (χ1n) is 9.01. The van der Waals surface area contributed by atoms with Crippen LogP contribution in [-0.4, -0.2) is 68.3 Å². The number of nitrogens with one attached hydrogen (secondary N) is 1. The van der Waals surface area contributed by atoms with E-state index in [-0.39, 0.29) is 5.91 Å². The smallest absolute Gasteiger partial charge is 0.269 e. The van der Waals surface area contributed by atoms with Gasteiger partial charge in [-0.2, -0.15) is 0 Å². The third-order valence-corrected chi connectivity index (χ3v) is 4.95. The highest BCUT2D eigenvalue weighted by Gasteiger charge is 2.17. The number of rotatable bonds is 5. The van der Waals surface area contributed by atoms with E-state index in [9.17, 15) is 4.79 Å². The third-order valence-electron chi connectivity index (χ3n) is 4.95. The number of pyridine rings is 1. The van der Waals surface area contributed by atoms with Crippen LogP contribution in [0.2, 0.25) is 0 Å². The monoisotopic (exact) mass is 332 g/mol. The molecular weight excluding hydrogens is 304 g/mol. The summed E-state index contributed by atoms with van der Waals surface area (Å²) in [4.78, 5) is 21.2. The quantitative estimate of drug-likeness (QED) is 0.883. The number of carbonyl (C=O) groups is 1. The standard InChI is InChI=1S/C18H28N4O2/c1-15-4-7-22(8-5-15)16-2-3-17(20-14-16)18(23)19-6-9-21-10-12-24-13-11-21/h2-3,14-15H,4-13H2,1H3,(H,19,23). The van der Waals surface area contributed by atoms with Gasteiger partial charge < -0.3 is 15.0 Å². The second-order valence-corrected chi connectivity index (χ2v) is 6.78. The van der Waals surface area contributed by atoms with Crippen LogP contribution in [0.25, 0.3) is 0 Å². The zero-order valence-corrected chi connectivity index (χ0v) is 14.5. The molecule has 0 radical (unpaired) electrons. The van der Waals surface area contributed by atoms with Crippen LogP contribution in [-0.2, 0) is 4.74 Å². The molecule has 132 valence electrons. The fraction of sp³-hybridized carbons (Fsp3) is 0.667. The van der Waals surface area contributed by atoms with Gasteiger partial charge in [-0.25, -0.2) is 4.98 Å². The average molecular weight is 332 g/mol. The first-order valence-corrected chi connectivity index (χ1v) is 9.01. The summed E-state index contributed by atoms with van der Waals surface area (Å²) < 4.78 is 5.32. The number of morpholine rings is 1. The van der Waals surface area contributed by atoms with Crippen LogP contribution in [0, 0.1) is 5.92 Å². The number of hydrogen-bond donors (Lipinski definition) is 1. The second kappa shape index (κ2) is 8.44. The van der Waals surface area contributed by atoms with E-state index >= 15 is 0 Å². The first-order chi connectivity index (χ1) is 11.7. The Balaban J connectivity index is 1.45. The molecule has 2 saturated heterocycles. The van der Waals surface area contributed by atoms with Crippen molar-refractivity contribution in [2.45, 2.75) is 19.8 Å². The molecule has 1 aromatic rings. The van der Waals surface area contributed by atoms with E-state index in [4.69, 9.17) is 4.74 Å². The topological polar surface area (TPSA) is 57.7 Å². The summed E-state index contributed by atoms with van der Waals surface area (Å²) in [7, 11) is 0. The Morgan fingerprint density at radius 1 is 1.25 bits per heavy atom. The number of amides is 1. The van der Waals surface area contributed by atoms with Crippen LogP contribution in [0.1, 0.15) is 30.3 Å². The molecule has 1 amide bonds. The molecule has 2 aliphatic heterocycles. The molecule has 0 unspecified atom stereocenters. The Morgan fingerprint density at radius 3 is 2.67 bits per heavy atom. The molecule has 3 rings (SSSR count). The van der Waals surface area contributed by atoms with E-state index in [1.54, 1.807) is 0 Å². The summed E-state index contributed by atoms with van der Waals surface area (Å²) >= 11 is 0. The number of aromatic nitrogens is 1. The number of hydrogen-bond acceptors (Lipinski definition) is 5. The van der Waals surface area contributed by atoms with Crippen molar-refractivity contribution in [2.24, 2.45) is 5.92 Å². The lowest BCUT2D eigenvalue weighted by atomic mass is 9.99. The predicted molar refractivity (Wildman–Crippen MR) is 94.4 cm³/mol. The number of anilines is 1. The van der Waals surface area contributed by atoms with E-state index in [0.717, 1.165) is 57.5 Å². The molecule has 0 bridgehead atoms. The van der Waals surface area contributed by atoms with Crippen molar-refractivity contribution in [1.82, 2.24) is 15.2 Å². The second-order valence-electron chi connectivity index (χ2n) is 6.78. The molecule has 0 aliphatic carbocycles. The Morgan fingerprint density at radius 2 is 2.00 bits per heavy atom. The van der Waals surface area contributed by atoms with E-state index in [1.165, 1.54) is 12.8 Å². The Kier molecular flexibility index (Phi) is 6.04. The van der Waals surface area contributed by atoms with Crippen LogP contribution >= 0.6 is 0 Å². The van der Waals surface area contributed by atoms with Gasteiger partial charge in [-0.1, -0.05) is 6.92 Å². The van der Waals surface area contributed by atoms with Crippen molar-refractivity contribution in [2.75, 3.05) is 57.4 Å². The highest BCUT2D eigenvalue weighted by molar-refractivity contribution is 5.92. The number of nitrogens with zero attached hydrogens (tertiary/aromatic N) is 3. The van der Waals surface area contributed by atoms with Crippen LogP contribution in [0.5, 0.6) is 0 Å². The molecule has 0 atom stereocenters. The van der Waals surface area contributed by atoms with Crippen molar-refractivity contribution >= 4 is 11.6 Å². The summed E-state index contributed by atoms with van der Waals surface area (Å²) in [6, 6.07) is 3.84. The van der Waals surface area contributed by atoms with Crippen molar-refractivity contribution in [3.05, 3.63) is 24.0 Å². The molecule has 2 fully saturated rings. The highest BCUT2D eigenvalue weighted by atomic mass is 16.5. The fourth-order valence-electron chi connectivity index (χ4n) is 3.22. The van der Waals surface area contributed by atoms with Gasteiger partial charge in [0.05, 0.1) is 25.1 Å². The maximum absolute atomic E-state index is 12.2. The largest absolute Gasteiger partial charge is 0.379 e. The van der Waals surface area contributed by atoms with Crippen LogP contribution in [0.15, 0.2) is 18.3 Å². The van der Waals surface area contributed by atoms with Crippen LogP contribution < -0.4 is 10.2 Å². The van der Waals surface area contributed by atoms with E-state index in [1.807, 2.05) is 18.3 Å². The van der Waals surface area contributed by atoms with Gasteiger partial charge in [-0.15, -0.1) is 0 Å². The van der Waals surface area contributed by atoms with Gasteiger partial charge in [-0.3, -0.25) is 9.69 Å². The summed E-state index contributed by atoms with van der Waals surface area (Å²) in [6.45, 7) is 9.42. The van der Waals surface area contributed by atoms with Crippen LogP contribution in [0.3, 0.4) is 0 Å². The molecule has 0 saturated carbocycles. The van der Waals surface area contributed by atoms with E-state index in [2.05, 4.69) is 27.0 Å². The Labute approximate surface area is 144 Å². The molecule has 1 N–H and O–H groups in total. The summed E-state index contributed by atoms with van der Waals surface area (Å²) in [5, 5.41) is 2.95. The zero-order valence-electron chi connectivity index (χ0n) is 14.5. The molecule has 24 heavy (non-hydrogen) atoms. The van der Waals surface area contributed by atoms with Crippen molar-refractivity contribution in [3.63, 3.8) is 0 Å². The van der Waals surface area contributed by atoms with E-state index < -0.39 is 0 Å². The maximum atomic E-state index is 12.2. The molecule has 3 heterocycles. The summed E-state index contributed by atoms with van der Waals surface area (Å²) in [6.07, 6.45) is 4.28. The first kappa shape index (κ1) is 17.2. The lowest BCUT2D eigenvalue weighted by Crippen LogP contribution is -2.41. The summed E-state index contributed by atoms with van der Waals surface area (Å²) in [5.74, 6) is 0.716. The lowest BCUT2D eigenvalue weighted by Gasteiger charge is -2.31. The van der Waals surface area contributed by atoms with Crippen LogP contribution in [0.4, 0.5) is 5.69 Å². The average Bonchev–Trinajstić information content (AvgIpc) is 2.63. The summed E-state index contributed by atoms with van der Waals surface area (Å²) in [5.41, 5.74) is 1.61. The highest BCUT2D eigenvalue weighted by Crippen LogP contribution is 2.22. The SMILES string of the molecule is CC1CCN(c2ccc(C(=O)NCCN3CCOCC3)nc2)CC1. The molecule has 0 aromatic carbocycles. The van der Waals surface area contributed by atoms with Gasteiger partial charge >= 0.3 is 0 Å². The van der Waals surface area contributed by atoms with Gasteiger partial charge in [0.1, 0.15) is 5.69 Å². The van der Waals surface area contributed by atoms with Gasteiger partial charge in [0.15, 0.2) is 0 Å². The predicted octanol–water partition coefficient (Wildman–Crippen LogP) is 1.38. The number of ether oxygens (including phenoxy) is 1. The van der Waals surface area contributed by atoms with Gasteiger partial charge in [0, 0.05) is 39.3 Å². The molecule has 6 heteroatoms. The minimum atomic E-state index is -0.0953. The van der Waals surface area contributed by atoms with Gasteiger partial charge in [-0.05, 0) is 30.9 Å². The fourth-order valence-corrected chi connectivity index (χ4v) is 3.22. The molecule has 6 nitrogen and oxygen atoms in total. The Hall–Kier alpha value is -1.66. The van der Waals surface area contributed by atoms with Gasteiger partial charge in [0.25, 0.3) is 5.91 Å². The lowest BCUT2D eigenvalue weighted by molar-refractivity contribution is 0.0383. The number of piperidine rings is 1. The Bertz CT molecular complexity index is 520. The molecule has 2 aliphatic rings. The van der Waals surface area contributed by atoms with Crippen molar-refractivity contribution in [1.29, 1.82) is 0 Å². The van der Waals surface area contributed by atoms with Gasteiger partial charge in [0.2, 0.25) is 0 Å². The maximum Gasteiger partial charge on any atom is 0.269 e. The normalized spacial score (nSPS) is 20.1. The minimum Gasteiger partial charge on any atom is -0.379 e. The minimum absolute atomic E-state index is 0.0953. The third kappa shape index (κ3) is 4.68. The van der Waals surface area contributed by atoms with Crippen molar-refractivity contribution < 1.29 is 9.53 Å². The van der Waals surface area contributed by atoms with E-state index in [0.29, 0.717) is 12.2 Å². The zero-order chi connectivity index (χ0) is 16.8. The molecule has 1 aromatic heterocycles. The molecular formula is C18H28N4O2. The van der Waals surface area contributed by atoms with Crippen molar-refractivity contribution in [3.8, 4) is 0 Å².